The number of halogens is 1. The van der Waals surface area contributed by atoms with Gasteiger partial charge in [0, 0.05) is 28.8 Å². The van der Waals surface area contributed by atoms with Gasteiger partial charge < -0.3 is 9.67 Å². The molecule has 0 aliphatic rings. The van der Waals surface area contributed by atoms with Gasteiger partial charge >= 0.3 is 0 Å². The highest BCUT2D eigenvalue weighted by Gasteiger charge is 2.12. The SMILES string of the molecule is CC(O)c1cc2c(Br)ccnc2n1C. The van der Waals surface area contributed by atoms with Crippen LogP contribution in [0.25, 0.3) is 11.0 Å². The van der Waals surface area contributed by atoms with Gasteiger partial charge in [-0.1, -0.05) is 0 Å². The molecule has 1 unspecified atom stereocenters. The Hall–Kier alpha value is -0.870. The molecule has 2 rings (SSSR count). The second-order valence-corrected chi connectivity index (χ2v) is 4.19. The lowest BCUT2D eigenvalue weighted by molar-refractivity contribution is 0.191. The van der Waals surface area contributed by atoms with Crippen molar-refractivity contribution in [1.29, 1.82) is 0 Å². The first-order valence-electron chi connectivity index (χ1n) is 4.39. The van der Waals surface area contributed by atoms with E-state index in [4.69, 9.17) is 0 Å². The fourth-order valence-electron chi connectivity index (χ4n) is 1.61. The van der Waals surface area contributed by atoms with E-state index in [1.807, 2.05) is 23.7 Å². The molecule has 2 heterocycles. The topological polar surface area (TPSA) is 38.1 Å². The van der Waals surface area contributed by atoms with Crippen LogP contribution in [0, 0.1) is 0 Å². The molecule has 2 aromatic rings. The van der Waals surface area contributed by atoms with Crippen molar-refractivity contribution in [3.05, 3.63) is 28.5 Å². The highest BCUT2D eigenvalue weighted by molar-refractivity contribution is 9.10. The maximum atomic E-state index is 9.53. The Labute approximate surface area is 90.5 Å². The lowest BCUT2D eigenvalue weighted by Crippen LogP contribution is -2.00. The molecule has 0 aliphatic heterocycles. The van der Waals surface area contributed by atoms with E-state index in [9.17, 15) is 5.11 Å². The molecule has 0 bridgehead atoms. The molecule has 0 fully saturated rings. The van der Waals surface area contributed by atoms with E-state index in [1.165, 1.54) is 0 Å². The second kappa shape index (κ2) is 3.37. The van der Waals surface area contributed by atoms with Gasteiger partial charge in [-0.2, -0.15) is 0 Å². The average molecular weight is 255 g/mol. The van der Waals surface area contributed by atoms with Crippen LogP contribution in [-0.4, -0.2) is 14.7 Å². The predicted molar refractivity (Wildman–Crippen MR) is 59.0 cm³/mol. The van der Waals surface area contributed by atoms with Crippen molar-refractivity contribution in [3.8, 4) is 0 Å². The first-order valence-corrected chi connectivity index (χ1v) is 5.18. The maximum Gasteiger partial charge on any atom is 0.141 e. The van der Waals surface area contributed by atoms with Crippen LogP contribution in [0.5, 0.6) is 0 Å². The third-order valence-electron chi connectivity index (χ3n) is 2.34. The van der Waals surface area contributed by atoms with E-state index in [0.29, 0.717) is 0 Å². The minimum absolute atomic E-state index is 0.471. The van der Waals surface area contributed by atoms with Crippen molar-refractivity contribution < 1.29 is 5.11 Å². The summed E-state index contributed by atoms with van der Waals surface area (Å²) in [6, 6.07) is 3.85. The normalized spacial score (nSPS) is 13.4. The molecule has 0 saturated heterocycles. The van der Waals surface area contributed by atoms with Gasteiger partial charge in [-0.15, -0.1) is 0 Å². The van der Waals surface area contributed by atoms with E-state index in [0.717, 1.165) is 21.2 Å². The van der Waals surface area contributed by atoms with Crippen molar-refractivity contribution in [2.75, 3.05) is 0 Å². The van der Waals surface area contributed by atoms with Crippen molar-refractivity contribution in [3.63, 3.8) is 0 Å². The molecule has 3 nitrogen and oxygen atoms in total. The summed E-state index contributed by atoms with van der Waals surface area (Å²) in [6.07, 6.45) is 1.28. The Kier molecular flexibility index (Phi) is 2.33. The van der Waals surface area contributed by atoms with Gasteiger partial charge in [0.1, 0.15) is 5.65 Å². The van der Waals surface area contributed by atoms with Gasteiger partial charge in [-0.3, -0.25) is 0 Å². The number of aromatic nitrogens is 2. The van der Waals surface area contributed by atoms with E-state index in [1.54, 1.807) is 13.1 Å². The molecule has 1 atom stereocenters. The molecule has 0 aromatic carbocycles. The maximum absolute atomic E-state index is 9.53. The highest BCUT2D eigenvalue weighted by Crippen LogP contribution is 2.27. The summed E-state index contributed by atoms with van der Waals surface area (Å²) >= 11 is 3.46. The van der Waals surface area contributed by atoms with E-state index >= 15 is 0 Å². The van der Waals surface area contributed by atoms with Gasteiger partial charge in [-0.05, 0) is 35.0 Å². The van der Waals surface area contributed by atoms with Crippen LogP contribution in [0.15, 0.2) is 22.8 Å². The number of aliphatic hydroxyl groups excluding tert-OH is 1. The molecule has 4 heteroatoms. The van der Waals surface area contributed by atoms with Gasteiger partial charge in [0.05, 0.1) is 6.10 Å². The monoisotopic (exact) mass is 254 g/mol. The lowest BCUT2D eigenvalue weighted by Gasteiger charge is -2.05. The van der Waals surface area contributed by atoms with Gasteiger partial charge in [0.2, 0.25) is 0 Å². The summed E-state index contributed by atoms with van der Waals surface area (Å²) in [6.45, 7) is 1.75. The first kappa shape index (κ1) is 9.68. The first-order chi connectivity index (χ1) is 6.61. The molecule has 2 aromatic heterocycles. The van der Waals surface area contributed by atoms with Crippen molar-refractivity contribution in [2.24, 2.45) is 7.05 Å². The Morgan fingerprint density at radius 2 is 2.29 bits per heavy atom. The highest BCUT2D eigenvalue weighted by atomic mass is 79.9. The zero-order chi connectivity index (χ0) is 10.3. The number of hydrogen-bond donors (Lipinski definition) is 1. The number of hydrogen-bond acceptors (Lipinski definition) is 2. The molecule has 0 saturated carbocycles. The number of aliphatic hydroxyl groups is 1. The van der Waals surface area contributed by atoms with Crippen molar-refractivity contribution >= 4 is 27.0 Å². The molecule has 74 valence electrons. The zero-order valence-electron chi connectivity index (χ0n) is 8.03. The lowest BCUT2D eigenvalue weighted by atomic mass is 10.2. The molecule has 1 N–H and O–H groups in total. The van der Waals surface area contributed by atoms with Crippen molar-refractivity contribution in [2.45, 2.75) is 13.0 Å². The fourth-order valence-corrected chi connectivity index (χ4v) is 2.02. The van der Waals surface area contributed by atoms with E-state index in [-0.39, 0.29) is 0 Å². The van der Waals surface area contributed by atoms with Gasteiger partial charge in [0.15, 0.2) is 0 Å². The summed E-state index contributed by atoms with van der Waals surface area (Å²) in [5.74, 6) is 0. The van der Waals surface area contributed by atoms with Crippen molar-refractivity contribution in [1.82, 2.24) is 9.55 Å². The summed E-state index contributed by atoms with van der Waals surface area (Å²) < 4.78 is 2.91. The van der Waals surface area contributed by atoms with Crippen LogP contribution in [-0.2, 0) is 7.05 Å². The summed E-state index contributed by atoms with van der Waals surface area (Å²) in [5, 5.41) is 10.6. The van der Waals surface area contributed by atoms with Crippen LogP contribution in [0.4, 0.5) is 0 Å². The number of rotatable bonds is 1. The Morgan fingerprint density at radius 3 is 2.86 bits per heavy atom. The summed E-state index contributed by atoms with van der Waals surface area (Å²) in [4.78, 5) is 4.27. The Balaban J connectivity index is 2.80. The second-order valence-electron chi connectivity index (χ2n) is 3.33. The molecule has 0 radical (unpaired) electrons. The Morgan fingerprint density at radius 1 is 1.57 bits per heavy atom. The minimum atomic E-state index is -0.471. The van der Waals surface area contributed by atoms with Gasteiger partial charge in [-0.25, -0.2) is 4.98 Å². The largest absolute Gasteiger partial charge is 0.387 e. The van der Waals surface area contributed by atoms with E-state index in [2.05, 4.69) is 20.9 Å². The average Bonchev–Trinajstić information content (AvgIpc) is 2.46. The van der Waals surface area contributed by atoms with Gasteiger partial charge in [0.25, 0.3) is 0 Å². The standard InChI is InChI=1S/C10H11BrN2O/c1-6(14)9-5-7-8(11)3-4-12-10(7)13(9)2/h3-6,14H,1-2H3. The number of pyridine rings is 1. The summed E-state index contributed by atoms with van der Waals surface area (Å²) in [5.41, 5.74) is 1.76. The number of fused-ring (bicyclic) bond motifs is 1. The summed E-state index contributed by atoms with van der Waals surface area (Å²) in [7, 11) is 1.91. The molecular weight excluding hydrogens is 244 g/mol. The zero-order valence-corrected chi connectivity index (χ0v) is 9.62. The number of aryl methyl sites for hydroxylation is 1. The predicted octanol–water partition coefficient (Wildman–Crippen LogP) is 2.39. The fraction of sp³-hybridized carbons (Fsp3) is 0.300. The van der Waals surface area contributed by atoms with Crippen LogP contribution >= 0.6 is 15.9 Å². The molecule has 0 spiro atoms. The molecule has 0 amide bonds. The molecule has 0 aliphatic carbocycles. The Bertz CT molecular complexity index is 476. The molecular formula is C10H11BrN2O. The minimum Gasteiger partial charge on any atom is -0.387 e. The van der Waals surface area contributed by atoms with Crippen LogP contribution in [0.1, 0.15) is 18.7 Å². The smallest absolute Gasteiger partial charge is 0.141 e. The third kappa shape index (κ3) is 1.35. The van der Waals surface area contributed by atoms with Crippen LogP contribution in [0.2, 0.25) is 0 Å². The van der Waals surface area contributed by atoms with Crippen LogP contribution in [0.3, 0.4) is 0 Å². The number of nitrogens with zero attached hydrogens (tertiary/aromatic N) is 2. The van der Waals surface area contributed by atoms with E-state index < -0.39 is 6.10 Å². The van der Waals surface area contributed by atoms with Crippen LogP contribution < -0.4 is 0 Å². The third-order valence-corrected chi connectivity index (χ3v) is 3.03. The quantitative estimate of drug-likeness (QED) is 0.849. The molecule has 14 heavy (non-hydrogen) atoms.